The van der Waals surface area contributed by atoms with Crippen LogP contribution in [0.5, 0.6) is 0 Å². The SMILES string of the molecule is O=C1CC(Br)CN1c1cnn(CCO)c1. The summed E-state index contributed by atoms with van der Waals surface area (Å²) in [6, 6.07) is 0. The van der Waals surface area contributed by atoms with E-state index < -0.39 is 0 Å². The molecule has 0 radical (unpaired) electrons. The first-order chi connectivity index (χ1) is 7.20. The van der Waals surface area contributed by atoms with Crippen LogP contribution in [0.4, 0.5) is 5.69 Å². The number of aliphatic hydroxyl groups is 1. The third kappa shape index (κ3) is 2.21. The number of nitrogens with zero attached hydrogens (tertiary/aromatic N) is 3. The molecule has 82 valence electrons. The molecular formula is C9H12BrN3O2. The van der Waals surface area contributed by atoms with Gasteiger partial charge >= 0.3 is 0 Å². The Morgan fingerprint density at radius 1 is 1.67 bits per heavy atom. The lowest BCUT2D eigenvalue weighted by Gasteiger charge is -2.12. The summed E-state index contributed by atoms with van der Waals surface area (Å²) in [7, 11) is 0. The van der Waals surface area contributed by atoms with E-state index >= 15 is 0 Å². The van der Waals surface area contributed by atoms with Gasteiger partial charge in [0.05, 0.1) is 25.0 Å². The second kappa shape index (κ2) is 4.32. The minimum Gasteiger partial charge on any atom is -0.394 e. The van der Waals surface area contributed by atoms with Crippen molar-refractivity contribution in [1.29, 1.82) is 0 Å². The normalized spacial score (nSPS) is 21.3. The largest absolute Gasteiger partial charge is 0.394 e. The maximum absolute atomic E-state index is 11.6. The highest BCUT2D eigenvalue weighted by molar-refractivity contribution is 9.09. The molecule has 1 aromatic rings. The first-order valence-corrected chi connectivity index (χ1v) is 5.70. The van der Waals surface area contributed by atoms with Gasteiger partial charge in [-0.15, -0.1) is 0 Å². The highest BCUT2D eigenvalue weighted by Gasteiger charge is 2.29. The fraction of sp³-hybridized carbons (Fsp3) is 0.556. The molecular weight excluding hydrogens is 262 g/mol. The zero-order chi connectivity index (χ0) is 10.8. The Labute approximate surface area is 95.8 Å². The monoisotopic (exact) mass is 273 g/mol. The number of hydrogen-bond donors (Lipinski definition) is 1. The molecule has 1 atom stereocenters. The summed E-state index contributed by atoms with van der Waals surface area (Å²) in [5.41, 5.74) is 0.801. The Hall–Kier alpha value is -0.880. The van der Waals surface area contributed by atoms with E-state index in [1.165, 1.54) is 0 Å². The van der Waals surface area contributed by atoms with Gasteiger partial charge in [0.15, 0.2) is 0 Å². The molecule has 2 rings (SSSR count). The molecule has 1 aliphatic rings. The third-order valence-electron chi connectivity index (χ3n) is 2.34. The Kier molecular flexibility index (Phi) is 3.06. The van der Waals surface area contributed by atoms with Gasteiger partial charge in [0.2, 0.25) is 5.91 Å². The van der Waals surface area contributed by atoms with Crippen molar-refractivity contribution in [2.24, 2.45) is 0 Å². The fourth-order valence-corrected chi connectivity index (χ4v) is 2.20. The number of rotatable bonds is 3. The van der Waals surface area contributed by atoms with Crippen molar-refractivity contribution in [3.05, 3.63) is 12.4 Å². The van der Waals surface area contributed by atoms with E-state index in [2.05, 4.69) is 21.0 Å². The summed E-state index contributed by atoms with van der Waals surface area (Å²) >= 11 is 3.42. The average molecular weight is 274 g/mol. The number of amides is 1. The van der Waals surface area contributed by atoms with Gasteiger partial charge < -0.3 is 10.0 Å². The molecule has 1 unspecified atom stereocenters. The van der Waals surface area contributed by atoms with Crippen molar-refractivity contribution in [2.45, 2.75) is 17.8 Å². The summed E-state index contributed by atoms with van der Waals surface area (Å²) in [4.78, 5) is 13.5. The number of carbonyl (C=O) groups is 1. The molecule has 1 amide bonds. The molecule has 0 spiro atoms. The lowest BCUT2D eigenvalue weighted by atomic mass is 10.4. The van der Waals surface area contributed by atoms with Crippen molar-refractivity contribution in [3.63, 3.8) is 0 Å². The lowest BCUT2D eigenvalue weighted by Crippen LogP contribution is -2.24. The molecule has 6 heteroatoms. The van der Waals surface area contributed by atoms with Crippen LogP contribution in [0.1, 0.15) is 6.42 Å². The quantitative estimate of drug-likeness (QED) is 0.810. The highest BCUT2D eigenvalue weighted by atomic mass is 79.9. The zero-order valence-electron chi connectivity index (χ0n) is 8.14. The predicted octanol–water partition coefficient (Wildman–Crippen LogP) is 0.376. The maximum atomic E-state index is 11.6. The number of hydrogen-bond acceptors (Lipinski definition) is 3. The van der Waals surface area contributed by atoms with Gasteiger partial charge in [0, 0.05) is 24.0 Å². The van der Waals surface area contributed by atoms with Crippen molar-refractivity contribution in [3.8, 4) is 0 Å². The predicted molar refractivity (Wildman–Crippen MR) is 59.0 cm³/mol. The Balaban J connectivity index is 2.12. The summed E-state index contributed by atoms with van der Waals surface area (Å²) in [6.45, 7) is 1.19. The molecule has 15 heavy (non-hydrogen) atoms. The molecule has 1 saturated heterocycles. The molecule has 2 heterocycles. The average Bonchev–Trinajstić information content (AvgIpc) is 2.73. The summed E-state index contributed by atoms with van der Waals surface area (Å²) in [5.74, 6) is 0.112. The van der Waals surface area contributed by atoms with Crippen molar-refractivity contribution >= 4 is 27.5 Å². The second-order valence-electron chi connectivity index (χ2n) is 3.49. The highest BCUT2D eigenvalue weighted by Crippen LogP contribution is 2.24. The van der Waals surface area contributed by atoms with E-state index in [4.69, 9.17) is 5.11 Å². The standard InChI is InChI=1S/C9H12BrN3O2/c10-7-3-9(15)13(5-7)8-4-11-12(6-8)1-2-14/h4,6-7,14H,1-3,5H2. The summed E-state index contributed by atoms with van der Waals surface area (Å²) in [5, 5.41) is 12.8. The lowest BCUT2D eigenvalue weighted by molar-refractivity contribution is -0.117. The topological polar surface area (TPSA) is 58.4 Å². The van der Waals surface area contributed by atoms with Crippen LogP contribution in [0.15, 0.2) is 12.4 Å². The van der Waals surface area contributed by atoms with Gasteiger partial charge in [-0.25, -0.2) is 0 Å². The van der Waals surface area contributed by atoms with E-state index in [1.54, 1.807) is 22.0 Å². The van der Waals surface area contributed by atoms with E-state index in [0.29, 0.717) is 19.5 Å². The van der Waals surface area contributed by atoms with Crippen molar-refractivity contribution in [1.82, 2.24) is 9.78 Å². The van der Waals surface area contributed by atoms with E-state index in [0.717, 1.165) is 5.69 Å². The summed E-state index contributed by atoms with van der Waals surface area (Å²) < 4.78 is 1.63. The van der Waals surface area contributed by atoms with Gasteiger partial charge in [-0.05, 0) is 0 Å². The smallest absolute Gasteiger partial charge is 0.228 e. The molecule has 0 aliphatic carbocycles. The Bertz CT molecular complexity index is 366. The molecule has 1 fully saturated rings. The molecule has 1 aromatic heterocycles. The molecule has 0 bridgehead atoms. The van der Waals surface area contributed by atoms with Crippen LogP contribution in [0.3, 0.4) is 0 Å². The van der Waals surface area contributed by atoms with Gasteiger partial charge in [0.1, 0.15) is 0 Å². The van der Waals surface area contributed by atoms with Gasteiger partial charge in [-0.2, -0.15) is 5.10 Å². The minimum atomic E-state index is 0.0517. The maximum Gasteiger partial charge on any atom is 0.228 e. The van der Waals surface area contributed by atoms with Crippen LogP contribution >= 0.6 is 15.9 Å². The van der Waals surface area contributed by atoms with Crippen molar-refractivity contribution < 1.29 is 9.90 Å². The second-order valence-corrected chi connectivity index (χ2v) is 4.79. The van der Waals surface area contributed by atoms with Crippen LogP contribution in [0.25, 0.3) is 0 Å². The number of aromatic nitrogens is 2. The van der Waals surface area contributed by atoms with Gasteiger partial charge in [-0.3, -0.25) is 9.48 Å². The Morgan fingerprint density at radius 2 is 2.47 bits per heavy atom. The third-order valence-corrected chi connectivity index (χ3v) is 2.95. The van der Waals surface area contributed by atoms with Crippen LogP contribution < -0.4 is 4.90 Å². The molecule has 0 aromatic carbocycles. The van der Waals surface area contributed by atoms with Crippen LogP contribution in [-0.4, -0.2) is 38.8 Å². The Morgan fingerprint density at radius 3 is 3.07 bits per heavy atom. The van der Waals surface area contributed by atoms with Crippen LogP contribution in [0.2, 0.25) is 0 Å². The van der Waals surface area contributed by atoms with Crippen LogP contribution in [0, 0.1) is 0 Å². The van der Waals surface area contributed by atoms with Crippen LogP contribution in [-0.2, 0) is 11.3 Å². The molecule has 1 N–H and O–H groups in total. The number of alkyl halides is 1. The molecule has 5 nitrogen and oxygen atoms in total. The van der Waals surface area contributed by atoms with Gasteiger partial charge in [-0.1, -0.05) is 15.9 Å². The van der Waals surface area contributed by atoms with Crippen molar-refractivity contribution in [2.75, 3.05) is 18.1 Å². The number of halogens is 1. The zero-order valence-corrected chi connectivity index (χ0v) is 9.72. The fourth-order valence-electron chi connectivity index (χ4n) is 1.63. The van der Waals surface area contributed by atoms with Gasteiger partial charge in [0.25, 0.3) is 0 Å². The first-order valence-electron chi connectivity index (χ1n) is 4.78. The minimum absolute atomic E-state index is 0.0517. The molecule has 1 aliphatic heterocycles. The molecule has 0 saturated carbocycles. The number of aliphatic hydroxyl groups excluding tert-OH is 1. The number of carbonyl (C=O) groups excluding carboxylic acids is 1. The first kappa shape index (κ1) is 10.6. The van der Waals surface area contributed by atoms with E-state index in [-0.39, 0.29) is 17.3 Å². The van der Waals surface area contributed by atoms with E-state index in [9.17, 15) is 4.79 Å². The van der Waals surface area contributed by atoms with E-state index in [1.807, 2.05) is 0 Å². The number of anilines is 1. The summed E-state index contributed by atoms with van der Waals surface area (Å²) in [6.07, 6.45) is 3.96.